The van der Waals surface area contributed by atoms with Crippen LogP contribution < -0.4 is 0 Å². The van der Waals surface area contributed by atoms with Gasteiger partial charge in [0, 0.05) is 5.56 Å². The van der Waals surface area contributed by atoms with Crippen LogP contribution >= 0.6 is 0 Å². The lowest BCUT2D eigenvalue weighted by Gasteiger charge is -2.16. The summed E-state index contributed by atoms with van der Waals surface area (Å²) in [5, 5.41) is 18.9. The fourth-order valence-electron chi connectivity index (χ4n) is 1.29. The topological polar surface area (TPSA) is 66.8 Å². The standard InChI is InChI=1S/C11H13FO4/c1-6-3-4-7(8(12)5-6)9(13)10(14)11(15)16-2/h3-5,9-10,13-14H,1-2H3. The Morgan fingerprint density at radius 2 is 2.06 bits per heavy atom. The van der Waals surface area contributed by atoms with Crippen LogP contribution in [0.4, 0.5) is 4.39 Å². The molecule has 0 aliphatic rings. The molecule has 0 spiro atoms. The molecule has 0 aliphatic carbocycles. The van der Waals surface area contributed by atoms with E-state index in [0.717, 1.165) is 7.11 Å². The molecule has 1 aromatic carbocycles. The van der Waals surface area contributed by atoms with Gasteiger partial charge in [0.1, 0.15) is 11.9 Å². The Balaban J connectivity index is 2.96. The zero-order valence-electron chi connectivity index (χ0n) is 8.98. The number of carbonyl (C=O) groups excluding carboxylic acids is 1. The molecule has 0 aliphatic heterocycles. The highest BCUT2D eigenvalue weighted by Crippen LogP contribution is 2.21. The Morgan fingerprint density at radius 1 is 1.44 bits per heavy atom. The first-order valence-electron chi connectivity index (χ1n) is 4.67. The molecule has 0 bridgehead atoms. The van der Waals surface area contributed by atoms with Crippen LogP contribution in [-0.2, 0) is 9.53 Å². The van der Waals surface area contributed by atoms with Crippen molar-refractivity contribution in [3.8, 4) is 0 Å². The lowest BCUT2D eigenvalue weighted by atomic mass is 10.0. The van der Waals surface area contributed by atoms with E-state index in [2.05, 4.69) is 4.74 Å². The molecule has 2 unspecified atom stereocenters. The van der Waals surface area contributed by atoms with Crippen molar-refractivity contribution >= 4 is 5.97 Å². The number of hydrogen-bond acceptors (Lipinski definition) is 4. The Labute approximate surface area is 92.3 Å². The van der Waals surface area contributed by atoms with Gasteiger partial charge in [-0.25, -0.2) is 9.18 Å². The van der Waals surface area contributed by atoms with Crippen molar-refractivity contribution in [3.63, 3.8) is 0 Å². The largest absolute Gasteiger partial charge is 0.467 e. The Kier molecular flexibility index (Phi) is 3.98. The minimum Gasteiger partial charge on any atom is -0.467 e. The van der Waals surface area contributed by atoms with E-state index in [9.17, 15) is 19.4 Å². The average Bonchev–Trinajstić information content (AvgIpc) is 2.26. The van der Waals surface area contributed by atoms with E-state index in [0.29, 0.717) is 5.56 Å². The predicted molar refractivity (Wildman–Crippen MR) is 54.1 cm³/mol. The number of ether oxygens (including phenoxy) is 1. The van der Waals surface area contributed by atoms with Crippen LogP contribution in [0.2, 0.25) is 0 Å². The lowest BCUT2D eigenvalue weighted by molar-refractivity contribution is -0.156. The van der Waals surface area contributed by atoms with Gasteiger partial charge in [-0.2, -0.15) is 0 Å². The van der Waals surface area contributed by atoms with E-state index in [1.807, 2.05) is 0 Å². The van der Waals surface area contributed by atoms with Gasteiger partial charge in [-0.05, 0) is 18.6 Å². The van der Waals surface area contributed by atoms with Crippen LogP contribution in [0.15, 0.2) is 18.2 Å². The number of aliphatic hydroxyl groups is 2. The molecular weight excluding hydrogens is 215 g/mol. The fraction of sp³-hybridized carbons (Fsp3) is 0.364. The van der Waals surface area contributed by atoms with Crippen molar-refractivity contribution in [2.75, 3.05) is 7.11 Å². The second-order valence-corrected chi connectivity index (χ2v) is 3.44. The van der Waals surface area contributed by atoms with Crippen LogP contribution in [0, 0.1) is 12.7 Å². The van der Waals surface area contributed by atoms with Crippen molar-refractivity contribution in [2.24, 2.45) is 0 Å². The summed E-state index contributed by atoms with van der Waals surface area (Å²) in [6, 6.07) is 4.11. The molecular formula is C11H13FO4. The van der Waals surface area contributed by atoms with Gasteiger partial charge in [-0.15, -0.1) is 0 Å². The van der Waals surface area contributed by atoms with Crippen LogP contribution in [0.25, 0.3) is 0 Å². The first-order chi connectivity index (χ1) is 7.47. The maximum atomic E-state index is 13.4. The van der Waals surface area contributed by atoms with Gasteiger partial charge in [-0.1, -0.05) is 12.1 Å². The molecule has 0 amide bonds. The lowest BCUT2D eigenvalue weighted by Crippen LogP contribution is -2.29. The van der Waals surface area contributed by atoms with Crippen molar-refractivity contribution in [1.29, 1.82) is 0 Å². The number of aliphatic hydroxyl groups excluding tert-OH is 2. The zero-order valence-corrected chi connectivity index (χ0v) is 8.98. The zero-order chi connectivity index (χ0) is 12.3. The normalized spacial score (nSPS) is 14.3. The van der Waals surface area contributed by atoms with Gasteiger partial charge in [0.15, 0.2) is 6.10 Å². The van der Waals surface area contributed by atoms with Gasteiger partial charge < -0.3 is 14.9 Å². The highest BCUT2D eigenvalue weighted by atomic mass is 19.1. The number of halogens is 1. The third kappa shape index (κ3) is 2.56. The summed E-state index contributed by atoms with van der Waals surface area (Å²) in [5.74, 6) is -1.68. The van der Waals surface area contributed by atoms with Crippen LogP contribution in [0.1, 0.15) is 17.2 Å². The smallest absolute Gasteiger partial charge is 0.337 e. The van der Waals surface area contributed by atoms with E-state index in [1.54, 1.807) is 13.0 Å². The van der Waals surface area contributed by atoms with Crippen molar-refractivity contribution in [3.05, 3.63) is 35.1 Å². The maximum absolute atomic E-state index is 13.4. The number of benzene rings is 1. The van der Waals surface area contributed by atoms with Gasteiger partial charge >= 0.3 is 5.97 Å². The molecule has 0 fully saturated rings. The minimum absolute atomic E-state index is 0.136. The molecule has 1 aromatic rings. The third-order valence-electron chi connectivity index (χ3n) is 2.22. The molecule has 16 heavy (non-hydrogen) atoms. The molecule has 5 heteroatoms. The Hall–Kier alpha value is -1.46. The van der Waals surface area contributed by atoms with E-state index < -0.39 is 24.0 Å². The fourth-order valence-corrected chi connectivity index (χ4v) is 1.29. The van der Waals surface area contributed by atoms with Gasteiger partial charge in [0.2, 0.25) is 0 Å². The summed E-state index contributed by atoms with van der Waals surface area (Å²) >= 11 is 0. The molecule has 0 saturated carbocycles. The minimum atomic E-state index is -1.79. The summed E-state index contributed by atoms with van der Waals surface area (Å²) in [6.45, 7) is 1.69. The molecule has 0 aromatic heterocycles. The quantitative estimate of drug-likeness (QED) is 0.747. The molecule has 88 valence electrons. The molecule has 2 N–H and O–H groups in total. The highest BCUT2D eigenvalue weighted by molar-refractivity contribution is 5.75. The molecule has 1 rings (SSSR count). The summed E-state index contributed by atoms with van der Waals surface area (Å²) in [5.41, 5.74) is 0.546. The van der Waals surface area contributed by atoms with E-state index in [4.69, 9.17) is 0 Å². The molecule has 0 saturated heterocycles. The number of esters is 1. The summed E-state index contributed by atoms with van der Waals surface area (Å²) in [6.07, 6.45) is -3.42. The third-order valence-corrected chi connectivity index (χ3v) is 2.22. The van der Waals surface area contributed by atoms with Crippen molar-refractivity contribution in [2.45, 2.75) is 19.1 Å². The van der Waals surface area contributed by atoms with Gasteiger partial charge in [-0.3, -0.25) is 0 Å². The van der Waals surface area contributed by atoms with Gasteiger partial charge in [0.25, 0.3) is 0 Å². The second-order valence-electron chi connectivity index (χ2n) is 3.44. The van der Waals surface area contributed by atoms with E-state index in [1.165, 1.54) is 12.1 Å². The Bertz CT molecular complexity index is 392. The highest BCUT2D eigenvalue weighted by Gasteiger charge is 2.28. The first kappa shape index (κ1) is 12.6. The van der Waals surface area contributed by atoms with E-state index >= 15 is 0 Å². The molecule has 0 heterocycles. The van der Waals surface area contributed by atoms with Gasteiger partial charge in [0.05, 0.1) is 7.11 Å². The second kappa shape index (κ2) is 5.05. The first-order valence-corrected chi connectivity index (χ1v) is 4.67. The number of aryl methyl sites for hydroxylation is 1. The summed E-state index contributed by atoms with van der Waals surface area (Å²) in [7, 11) is 1.07. The number of methoxy groups -OCH3 is 1. The Morgan fingerprint density at radius 3 is 2.56 bits per heavy atom. The monoisotopic (exact) mass is 228 g/mol. The van der Waals surface area contributed by atoms with Crippen LogP contribution in [0.5, 0.6) is 0 Å². The number of rotatable bonds is 3. The average molecular weight is 228 g/mol. The molecule has 2 atom stereocenters. The summed E-state index contributed by atoms with van der Waals surface area (Å²) < 4.78 is 17.7. The number of hydrogen-bond donors (Lipinski definition) is 2. The summed E-state index contributed by atoms with van der Waals surface area (Å²) in [4.78, 5) is 11.0. The van der Waals surface area contributed by atoms with Crippen molar-refractivity contribution in [1.82, 2.24) is 0 Å². The van der Waals surface area contributed by atoms with Crippen LogP contribution in [-0.4, -0.2) is 29.4 Å². The van der Waals surface area contributed by atoms with E-state index in [-0.39, 0.29) is 5.56 Å². The molecule has 0 radical (unpaired) electrons. The predicted octanol–water partition coefficient (Wildman–Crippen LogP) is 0.701. The van der Waals surface area contributed by atoms with Crippen molar-refractivity contribution < 1.29 is 24.1 Å². The SMILES string of the molecule is COC(=O)C(O)C(O)c1ccc(C)cc1F. The number of carbonyl (C=O) groups is 1. The van der Waals surface area contributed by atoms with Crippen LogP contribution in [0.3, 0.4) is 0 Å². The maximum Gasteiger partial charge on any atom is 0.337 e. The molecule has 4 nitrogen and oxygen atoms in total.